The van der Waals surface area contributed by atoms with Gasteiger partial charge in [0.15, 0.2) is 0 Å². The second kappa shape index (κ2) is 7.04. The predicted molar refractivity (Wildman–Crippen MR) is 67.5 cm³/mol. The highest BCUT2D eigenvalue weighted by Gasteiger charge is 1.93. The molecule has 0 aromatic carbocycles. The molecule has 2 heteroatoms. The van der Waals surface area contributed by atoms with Gasteiger partial charge < -0.3 is 4.42 Å². The first-order chi connectivity index (χ1) is 7.72. The number of unbranched alkanes of at least 4 members (excludes halogenated alkanes) is 4. The van der Waals surface area contributed by atoms with Gasteiger partial charge in [-0.15, -0.1) is 0 Å². The molecule has 0 fully saturated rings. The van der Waals surface area contributed by atoms with Gasteiger partial charge >= 0.3 is 5.63 Å². The van der Waals surface area contributed by atoms with Crippen molar-refractivity contribution >= 4 is 6.08 Å². The highest BCUT2D eigenvalue weighted by Crippen LogP contribution is 2.06. The topological polar surface area (TPSA) is 30.2 Å². The predicted octanol–water partition coefficient (Wildman–Crippen LogP) is 3.93. The summed E-state index contributed by atoms with van der Waals surface area (Å²) >= 11 is 0. The van der Waals surface area contributed by atoms with Crippen LogP contribution in [0.5, 0.6) is 0 Å². The largest absolute Gasteiger partial charge is 0.428 e. The average Bonchev–Trinajstić information content (AvgIpc) is 2.22. The smallest absolute Gasteiger partial charge is 0.336 e. The van der Waals surface area contributed by atoms with Gasteiger partial charge in [0.1, 0.15) is 5.76 Å². The van der Waals surface area contributed by atoms with Crippen molar-refractivity contribution in [1.82, 2.24) is 0 Å². The Bertz CT molecular complexity index is 388. The third-order valence-electron chi connectivity index (χ3n) is 2.45. The fraction of sp³-hybridized carbons (Fsp3) is 0.500. The van der Waals surface area contributed by atoms with E-state index in [0.717, 1.165) is 12.0 Å². The minimum absolute atomic E-state index is 0.273. The summed E-state index contributed by atoms with van der Waals surface area (Å²) in [5.41, 5.74) is 0.662. The fourth-order valence-corrected chi connectivity index (χ4v) is 1.63. The SMILES string of the molecule is CCCCCC/C=C/c1cc(C)oc(=O)c1. The third kappa shape index (κ3) is 4.96. The number of hydrogen-bond donors (Lipinski definition) is 0. The second-order valence-electron chi connectivity index (χ2n) is 4.07. The summed E-state index contributed by atoms with van der Waals surface area (Å²) in [5.74, 6) is 0.665. The molecule has 0 saturated heterocycles. The Hall–Kier alpha value is -1.31. The van der Waals surface area contributed by atoms with Gasteiger partial charge in [0, 0.05) is 6.07 Å². The van der Waals surface area contributed by atoms with Crippen molar-refractivity contribution in [2.75, 3.05) is 0 Å². The molecular weight excluding hydrogens is 200 g/mol. The van der Waals surface area contributed by atoms with Crippen molar-refractivity contribution in [2.45, 2.75) is 46.0 Å². The molecule has 0 aliphatic rings. The molecule has 0 unspecified atom stereocenters. The van der Waals surface area contributed by atoms with E-state index < -0.39 is 0 Å². The van der Waals surface area contributed by atoms with E-state index in [0.29, 0.717) is 5.76 Å². The molecule has 2 nitrogen and oxygen atoms in total. The lowest BCUT2D eigenvalue weighted by Gasteiger charge is -1.96. The Labute approximate surface area is 97.0 Å². The molecular formula is C14H20O2. The minimum atomic E-state index is -0.273. The van der Waals surface area contributed by atoms with Crippen LogP contribution in [0.2, 0.25) is 0 Å². The normalized spacial score (nSPS) is 11.1. The first-order valence-corrected chi connectivity index (χ1v) is 6.00. The van der Waals surface area contributed by atoms with Crippen molar-refractivity contribution in [1.29, 1.82) is 0 Å². The maximum absolute atomic E-state index is 11.1. The Balaban J connectivity index is 2.41. The lowest BCUT2D eigenvalue weighted by molar-refractivity contribution is 0.480. The first-order valence-electron chi connectivity index (χ1n) is 6.00. The van der Waals surface area contributed by atoms with Gasteiger partial charge in [-0.1, -0.05) is 38.3 Å². The fourth-order valence-electron chi connectivity index (χ4n) is 1.63. The summed E-state index contributed by atoms with van der Waals surface area (Å²) in [6.45, 7) is 4.00. The molecule has 88 valence electrons. The van der Waals surface area contributed by atoms with E-state index in [2.05, 4.69) is 13.0 Å². The highest BCUT2D eigenvalue weighted by atomic mass is 16.4. The number of aryl methyl sites for hydroxylation is 1. The lowest BCUT2D eigenvalue weighted by Crippen LogP contribution is -1.97. The quantitative estimate of drug-likeness (QED) is 0.680. The highest BCUT2D eigenvalue weighted by molar-refractivity contribution is 5.48. The summed E-state index contributed by atoms with van der Waals surface area (Å²) < 4.78 is 4.89. The van der Waals surface area contributed by atoms with Crippen LogP contribution in [0.4, 0.5) is 0 Å². The molecule has 1 aromatic rings. The van der Waals surface area contributed by atoms with Crippen LogP contribution in [0.3, 0.4) is 0 Å². The molecule has 0 radical (unpaired) electrons. The van der Waals surface area contributed by atoms with Crippen LogP contribution < -0.4 is 5.63 Å². The van der Waals surface area contributed by atoms with E-state index in [9.17, 15) is 4.79 Å². The van der Waals surface area contributed by atoms with E-state index in [4.69, 9.17) is 4.42 Å². The molecule has 1 heterocycles. The van der Waals surface area contributed by atoms with Crippen LogP contribution in [0, 0.1) is 6.92 Å². The van der Waals surface area contributed by atoms with Crippen LogP contribution in [0.25, 0.3) is 6.08 Å². The van der Waals surface area contributed by atoms with Gasteiger partial charge in [0.2, 0.25) is 0 Å². The summed E-state index contributed by atoms with van der Waals surface area (Å²) in [5, 5.41) is 0. The Kier molecular flexibility index (Phi) is 5.62. The molecule has 1 rings (SSSR count). The van der Waals surface area contributed by atoms with E-state index in [1.165, 1.54) is 31.7 Å². The van der Waals surface area contributed by atoms with Gasteiger partial charge in [-0.05, 0) is 31.4 Å². The van der Waals surface area contributed by atoms with Gasteiger partial charge in [0.05, 0.1) is 0 Å². The Morgan fingerprint density at radius 1 is 1.25 bits per heavy atom. The molecule has 0 atom stereocenters. The zero-order chi connectivity index (χ0) is 11.8. The summed E-state index contributed by atoms with van der Waals surface area (Å²) in [6, 6.07) is 3.40. The number of hydrogen-bond acceptors (Lipinski definition) is 2. The maximum atomic E-state index is 11.1. The third-order valence-corrected chi connectivity index (χ3v) is 2.45. The van der Waals surface area contributed by atoms with Crippen molar-refractivity contribution in [2.24, 2.45) is 0 Å². The van der Waals surface area contributed by atoms with Crippen LogP contribution in [-0.4, -0.2) is 0 Å². The molecule has 0 amide bonds. The molecule has 0 spiro atoms. The maximum Gasteiger partial charge on any atom is 0.336 e. The van der Waals surface area contributed by atoms with E-state index in [-0.39, 0.29) is 5.63 Å². The molecule has 0 N–H and O–H groups in total. The number of rotatable bonds is 6. The van der Waals surface area contributed by atoms with Crippen molar-refractivity contribution in [3.05, 3.63) is 40.0 Å². The molecule has 16 heavy (non-hydrogen) atoms. The number of allylic oxidation sites excluding steroid dienone is 1. The van der Waals surface area contributed by atoms with E-state index >= 15 is 0 Å². The molecule has 0 aliphatic heterocycles. The van der Waals surface area contributed by atoms with E-state index in [1.807, 2.05) is 12.1 Å². The first kappa shape index (κ1) is 12.8. The van der Waals surface area contributed by atoms with E-state index in [1.54, 1.807) is 6.92 Å². The van der Waals surface area contributed by atoms with Gasteiger partial charge in [0.25, 0.3) is 0 Å². The monoisotopic (exact) mass is 220 g/mol. The zero-order valence-electron chi connectivity index (χ0n) is 10.2. The lowest BCUT2D eigenvalue weighted by atomic mass is 10.1. The average molecular weight is 220 g/mol. The minimum Gasteiger partial charge on any atom is -0.428 e. The summed E-state index contributed by atoms with van der Waals surface area (Å²) in [4.78, 5) is 11.1. The summed E-state index contributed by atoms with van der Waals surface area (Å²) in [6.07, 6.45) is 10.3. The Morgan fingerprint density at radius 2 is 2.06 bits per heavy atom. The second-order valence-corrected chi connectivity index (χ2v) is 4.07. The van der Waals surface area contributed by atoms with Crippen LogP contribution >= 0.6 is 0 Å². The van der Waals surface area contributed by atoms with Crippen LogP contribution in [0.1, 0.15) is 50.4 Å². The zero-order valence-corrected chi connectivity index (χ0v) is 10.2. The molecule has 1 aromatic heterocycles. The van der Waals surface area contributed by atoms with Crippen molar-refractivity contribution in [3.63, 3.8) is 0 Å². The molecule has 0 bridgehead atoms. The standard InChI is InChI=1S/C14H20O2/c1-3-4-5-6-7-8-9-13-10-12(2)16-14(15)11-13/h8-11H,3-7H2,1-2H3/b9-8+. The molecule has 0 saturated carbocycles. The van der Waals surface area contributed by atoms with Crippen LogP contribution in [0.15, 0.2) is 27.4 Å². The van der Waals surface area contributed by atoms with Crippen molar-refractivity contribution < 1.29 is 4.42 Å². The van der Waals surface area contributed by atoms with Gasteiger partial charge in [-0.2, -0.15) is 0 Å². The molecule has 0 aliphatic carbocycles. The van der Waals surface area contributed by atoms with Gasteiger partial charge in [-0.25, -0.2) is 4.79 Å². The van der Waals surface area contributed by atoms with Gasteiger partial charge in [-0.3, -0.25) is 0 Å². The Morgan fingerprint density at radius 3 is 2.75 bits per heavy atom. The van der Waals surface area contributed by atoms with Crippen LogP contribution in [-0.2, 0) is 0 Å². The summed E-state index contributed by atoms with van der Waals surface area (Å²) in [7, 11) is 0. The van der Waals surface area contributed by atoms with Crippen molar-refractivity contribution in [3.8, 4) is 0 Å².